The highest BCUT2D eigenvalue weighted by atomic mass is 32.1. The van der Waals surface area contributed by atoms with Crippen LogP contribution >= 0.6 is 22.7 Å². The van der Waals surface area contributed by atoms with Crippen LogP contribution in [0.3, 0.4) is 0 Å². The van der Waals surface area contributed by atoms with Crippen LogP contribution in [0.25, 0.3) is 20.9 Å². The molecule has 3 aromatic rings. The summed E-state index contributed by atoms with van der Waals surface area (Å²) in [5, 5.41) is 4.12. The zero-order valence-corrected chi connectivity index (χ0v) is 18.1. The lowest BCUT2D eigenvalue weighted by atomic mass is 9.87. The van der Waals surface area contributed by atoms with Gasteiger partial charge in [-0.15, -0.1) is 22.7 Å². The molecule has 4 nitrogen and oxygen atoms in total. The summed E-state index contributed by atoms with van der Waals surface area (Å²) in [4.78, 5) is 2.32. The van der Waals surface area contributed by atoms with E-state index < -0.39 is 0 Å². The number of hydrogen-bond donors (Lipinski definition) is 0. The lowest BCUT2D eigenvalue weighted by Crippen LogP contribution is -2.15. The average molecular weight is 415 g/mol. The first-order valence-electron chi connectivity index (χ1n) is 9.43. The Morgan fingerprint density at radius 3 is 1.32 bits per heavy atom. The van der Waals surface area contributed by atoms with Crippen molar-refractivity contribution in [3.63, 3.8) is 0 Å². The minimum absolute atomic E-state index is 0.601. The monoisotopic (exact) mass is 414 g/mol. The van der Waals surface area contributed by atoms with Gasteiger partial charge in [0.25, 0.3) is 0 Å². The summed E-state index contributed by atoms with van der Waals surface area (Å²) in [6, 6.07) is 0. The van der Waals surface area contributed by atoms with E-state index in [1.807, 2.05) is 0 Å². The Hall–Kier alpha value is -2.18. The zero-order chi connectivity index (χ0) is 19.4. The van der Waals surface area contributed by atoms with Crippen LogP contribution in [0.15, 0.2) is 10.8 Å². The Morgan fingerprint density at radius 1 is 0.571 bits per heavy atom. The van der Waals surface area contributed by atoms with Crippen LogP contribution < -0.4 is 18.9 Å². The fourth-order valence-corrected chi connectivity index (χ4v) is 6.25. The normalized spacial score (nSPS) is 15.0. The lowest BCUT2D eigenvalue weighted by Gasteiger charge is -2.23. The third kappa shape index (κ3) is 2.54. The van der Waals surface area contributed by atoms with Crippen LogP contribution in [0.5, 0.6) is 23.0 Å². The van der Waals surface area contributed by atoms with Crippen LogP contribution in [-0.4, -0.2) is 26.4 Å². The van der Waals surface area contributed by atoms with Gasteiger partial charge >= 0.3 is 0 Å². The third-order valence-corrected chi connectivity index (χ3v) is 7.60. The van der Waals surface area contributed by atoms with Crippen molar-refractivity contribution in [2.24, 2.45) is 0 Å². The Morgan fingerprint density at radius 2 is 0.929 bits per heavy atom. The lowest BCUT2D eigenvalue weighted by molar-refractivity contribution is 0.174. The van der Waals surface area contributed by atoms with Crippen molar-refractivity contribution in [1.29, 1.82) is 0 Å². The first kappa shape index (κ1) is 17.9. The van der Waals surface area contributed by atoms with E-state index >= 15 is 0 Å². The molecular formula is C22H22O4S2. The minimum Gasteiger partial charge on any atom is -0.485 e. The molecule has 0 saturated heterocycles. The highest BCUT2D eigenvalue weighted by molar-refractivity contribution is 7.14. The minimum atomic E-state index is 0.601. The Bertz CT molecular complexity index is 963. The van der Waals surface area contributed by atoms with Gasteiger partial charge in [0.15, 0.2) is 23.0 Å². The summed E-state index contributed by atoms with van der Waals surface area (Å²) in [5.74, 6) is 3.50. The van der Waals surface area contributed by atoms with Crippen LogP contribution in [-0.2, 0) is 0 Å². The second kappa shape index (κ2) is 6.71. The predicted molar refractivity (Wildman–Crippen MR) is 114 cm³/mol. The van der Waals surface area contributed by atoms with E-state index in [2.05, 4.69) is 38.5 Å². The highest BCUT2D eigenvalue weighted by Gasteiger charge is 2.28. The molecule has 2 aliphatic heterocycles. The summed E-state index contributed by atoms with van der Waals surface area (Å²) in [6.07, 6.45) is 0. The topological polar surface area (TPSA) is 36.9 Å². The maximum absolute atomic E-state index is 5.97. The molecule has 5 rings (SSSR count). The van der Waals surface area contributed by atoms with E-state index in [1.54, 1.807) is 22.7 Å². The molecule has 0 fully saturated rings. The number of ether oxygens (including phenoxy) is 4. The molecule has 0 radical (unpaired) electrons. The van der Waals surface area contributed by atoms with Crippen molar-refractivity contribution in [2.45, 2.75) is 27.7 Å². The van der Waals surface area contributed by atoms with E-state index in [1.165, 1.54) is 33.4 Å². The van der Waals surface area contributed by atoms with Gasteiger partial charge in [-0.2, -0.15) is 0 Å². The van der Waals surface area contributed by atoms with Gasteiger partial charge in [0, 0.05) is 21.9 Å². The summed E-state index contributed by atoms with van der Waals surface area (Å²) in [7, 11) is 0. The first-order chi connectivity index (χ1) is 13.6. The van der Waals surface area contributed by atoms with Crippen molar-refractivity contribution >= 4 is 22.7 Å². The van der Waals surface area contributed by atoms with Gasteiger partial charge in [0.2, 0.25) is 0 Å². The molecule has 0 bridgehead atoms. The molecule has 2 aliphatic rings. The summed E-state index contributed by atoms with van der Waals surface area (Å²) < 4.78 is 23.5. The molecule has 0 unspecified atom stereocenters. The van der Waals surface area contributed by atoms with E-state index in [0.717, 1.165) is 32.8 Å². The number of rotatable bonds is 2. The maximum Gasteiger partial charge on any atom is 0.179 e. The van der Waals surface area contributed by atoms with Crippen molar-refractivity contribution in [2.75, 3.05) is 26.4 Å². The number of benzene rings is 1. The summed E-state index contributed by atoms with van der Waals surface area (Å²) in [6.45, 7) is 11.2. The molecule has 146 valence electrons. The third-order valence-electron chi connectivity index (χ3n) is 5.68. The van der Waals surface area contributed by atoms with Gasteiger partial charge in [0.1, 0.15) is 26.4 Å². The Kier molecular flexibility index (Phi) is 4.29. The quantitative estimate of drug-likeness (QED) is 0.522. The first-order valence-corrected chi connectivity index (χ1v) is 11.2. The number of hydrogen-bond acceptors (Lipinski definition) is 6. The SMILES string of the molecule is Cc1c(C)c(-c2scc3c2OCCO3)c(C)c(C)c1-c1scc2c1OCCO2. The molecule has 0 aliphatic carbocycles. The van der Waals surface area contributed by atoms with Crippen molar-refractivity contribution in [3.05, 3.63) is 33.0 Å². The second-order valence-electron chi connectivity index (χ2n) is 7.16. The molecular weight excluding hydrogens is 392 g/mol. The largest absolute Gasteiger partial charge is 0.485 e. The molecule has 1 aromatic carbocycles. The highest BCUT2D eigenvalue weighted by Crippen LogP contribution is 2.52. The molecule has 0 N–H and O–H groups in total. The van der Waals surface area contributed by atoms with Gasteiger partial charge in [0.05, 0.1) is 9.75 Å². The van der Waals surface area contributed by atoms with Crippen molar-refractivity contribution in [3.8, 4) is 43.9 Å². The van der Waals surface area contributed by atoms with Crippen LogP contribution in [0, 0.1) is 27.7 Å². The van der Waals surface area contributed by atoms with Crippen molar-refractivity contribution in [1.82, 2.24) is 0 Å². The summed E-state index contributed by atoms with van der Waals surface area (Å²) in [5.41, 5.74) is 7.62. The van der Waals surface area contributed by atoms with Crippen LogP contribution in [0.2, 0.25) is 0 Å². The predicted octanol–water partition coefficient (Wildman–Crippen LogP) is 5.92. The van der Waals surface area contributed by atoms with Crippen molar-refractivity contribution < 1.29 is 18.9 Å². The standard InChI is InChI=1S/C22H22O4S2/c1-11-12(2)18(22-20-16(10-28-22)24-6-8-26-20)14(4)13(3)17(11)21-19-15(9-27-21)23-5-7-25-19/h9-10H,5-8H2,1-4H3. The molecule has 0 saturated carbocycles. The van der Waals surface area contributed by atoms with E-state index in [0.29, 0.717) is 26.4 Å². The molecule has 0 amide bonds. The molecule has 6 heteroatoms. The van der Waals surface area contributed by atoms with Gasteiger partial charge in [-0.05, 0) is 49.9 Å². The molecule has 28 heavy (non-hydrogen) atoms. The Balaban J connectivity index is 1.71. The molecule has 4 heterocycles. The summed E-state index contributed by atoms with van der Waals surface area (Å²) >= 11 is 3.40. The number of fused-ring (bicyclic) bond motifs is 2. The van der Waals surface area contributed by atoms with Crippen LogP contribution in [0.4, 0.5) is 0 Å². The Labute approximate surface area is 172 Å². The second-order valence-corrected chi connectivity index (χ2v) is 8.92. The van der Waals surface area contributed by atoms with Gasteiger partial charge in [-0.25, -0.2) is 0 Å². The van der Waals surface area contributed by atoms with Crippen LogP contribution in [0.1, 0.15) is 22.3 Å². The molecule has 0 spiro atoms. The fraction of sp³-hybridized carbons (Fsp3) is 0.364. The van der Waals surface area contributed by atoms with Gasteiger partial charge in [-0.1, -0.05) is 0 Å². The smallest absolute Gasteiger partial charge is 0.179 e. The average Bonchev–Trinajstić information content (AvgIpc) is 3.32. The molecule has 2 aromatic heterocycles. The van der Waals surface area contributed by atoms with E-state index in [9.17, 15) is 0 Å². The van der Waals surface area contributed by atoms with Gasteiger partial charge in [-0.3, -0.25) is 0 Å². The fourth-order valence-electron chi connectivity index (χ4n) is 4.06. The van der Waals surface area contributed by atoms with E-state index in [4.69, 9.17) is 18.9 Å². The zero-order valence-electron chi connectivity index (χ0n) is 16.4. The van der Waals surface area contributed by atoms with E-state index in [-0.39, 0.29) is 0 Å². The molecule has 0 atom stereocenters. The van der Waals surface area contributed by atoms with Gasteiger partial charge < -0.3 is 18.9 Å². The maximum atomic E-state index is 5.97. The number of thiophene rings is 2.